The summed E-state index contributed by atoms with van der Waals surface area (Å²) in [6, 6.07) is 8.55. The molecule has 120 valence electrons. The monoisotopic (exact) mass is 307 g/mol. The number of unbranched alkanes of at least 4 members (excludes halogenated alkanes) is 1. The lowest BCUT2D eigenvalue weighted by Gasteiger charge is -2.21. The minimum absolute atomic E-state index is 0.198. The third-order valence-corrected chi connectivity index (χ3v) is 3.03. The molecule has 3 amide bonds. The highest BCUT2D eigenvalue weighted by Gasteiger charge is 2.17. The molecule has 0 bridgehead atoms. The van der Waals surface area contributed by atoms with Crippen molar-refractivity contribution in [3.8, 4) is 0 Å². The zero-order chi connectivity index (χ0) is 16.4. The first-order valence-corrected chi connectivity index (χ1v) is 7.12. The summed E-state index contributed by atoms with van der Waals surface area (Å²) in [5.74, 6) is -1.39. The van der Waals surface area contributed by atoms with Crippen LogP contribution in [0.5, 0.6) is 0 Å². The zero-order valence-corrected chi connectivity index (χ0v) is 12.5. The minimum Gasteiger partial charge on any atom is -0.343 e. The highest BCUT2D eigenvalue weighted by Crippen LogP contribution is 1.99. The standard InChI is InChI=1S/C15H21N3O4/c1-2-3-9-18(11-13(19)17-22)14(20)10-16-15(21)12-7-5-4-6-8-12/h4-8,22H,2-3,9-11H2,1H3,(H,16,21)(H,17,19). The van der Waals surface area contributed by atoms with Gasteiger partial charge in [0, 0.05) is 12.1 Å². The highest BCUT2D eigenvalue weighted by molar-refractivity contribution is 5.96. The van der Waals surface area contributed by atoms with Gasteiger partial charge in [-0.15, -0.1) is 0 Å². The molecule has 7 heteroatoms. The van der Waals surface area contributed by atoms with Gasteiger partial charge in [0.1, 0.15) is 6.54 Å². The Morgan fingerprint density at radius 3 is 2.45 bits per heavy atom. The lowest BCUT2D eigenvalue weighted by atomic mass is 10.2. The molecule has 0 aliphatic rings. The van der Waals surface area contributed by atoms with Crippen molar-refractivity contribution < 1.29 is 19.6 Å². The van der Waals surface area contributed by atoms with Crippen LogP contribution in [-0.4, -0.2) is 47.5 Å². The van der Waals surface area contributed by atoms with Gasteiger partial charge in [0.15, 0.2) is 0 Å². The average molecular weight is 307 g/mol. The summed E-state index contributed by atoms with van der Waals surface area (Å²) in [7, 11) is 0. The van der Waals surface area contributed by atoms with E-state index in [2.05, 4.69) is 5.32 Å². The van der Waals surface area contributed by atoms with Crippen LogP contribution in [0, 0.1) is 0 Å². The summed E-state index contributed by atoms with van der Waals surface area (Å²) >= 11 is 0. The molecule has 1 rings (SSSR count). The molecule has 0 aromatic heterocycles. The van der Waals surface area contributed by atoms with Gasteiger partial charge in [-0.25, -0.2) is 5.48 Å². The van der Waals surface area contributed by atoms with Gasteiger partial charge in [0.2, 0.25) is 5.91 Å². The Bertz CT molecular complexity index is 505. The number of rotatable bonds is 8. The lowest BCUT2D eigenvalue weighted by molar-refractivity contribution is -0.138. The van der Waals surface area contributed by atoms with Crippen molar-refractivity contribution in [2.24, 2.45) is 0 Å². The topological polar surface area (TPSA) is 98.7 Å². The van der Waals surface area contributed by atoms with Crippen LogP contribution in [0.3, 0.4) is 0 Å². The maximum Gasteiger partial charge on any atom is 0.262 e. The minimum atomic E-state index is -0.668. The fourth-order valence-corrected chi connectivity index (χ4v) is 1.81. The van der Waals surface area contributed by atoms with Gasteiger partial charge >= 0.3 is 0 Å². The van der Waals surface area contributed by atoms with Crippen molar-refractivity contribution >= 4 is 17.7 Å². The molecule has 0 saturated carbocycles. The van der Waals surface area contributed by atoms with E-state index in [0.29, 0.717) is 12.1 Å². The predicted molar refractivity (Wildman–Crippen MR) is 80.2 cm³/mol. The van der Waals surface area contributed by atoms with Crippen LogP contribution >= 0.6 is 0 Å². The predicted octanol–water partition coefficient (Wildman–Crippen LogP) is 0.551. The molecule has 0 radical (unpaired) electrons. The van der Waals surface area contributed by atoms with E-state index in [1.807, 2.05) is 6.92 Å². The third kappa shape index (κ3) is 5.92. The number of nitrogens with one attached hydrogen (secondary N) is 2. The van der Waals surface area contributed by atoms with Crippen LogP contribution in [0.15, 0.2) is 30.3 Å². The van der Waals surface area contributed by atoms with Crippen molar-refractivity contribution in [3.63, 3.8) is 0 Å². The number of carbonyl (C=O) groups is 3. The molecule has 3 N–H and O–H groups in total. The number of hydrogen-bond donors (Lipinski definition) is 3. The van der Waals surface area contributed by atoms with Gasteiger partial charge in [-0.05, 0) is 18.6 Å². The van der Waals surface area contributed by atoms with Crippen LogP contribution in [0.1, 0.15) is 30.1 Å². The summed E-state index contributed by atoms with van der Waals surface area (Å²) in [6.45, 7) is 1.92. The Labute approximate surface area is 129 Å². The summed E-state index contributed by atoms with van der Waals surface area (Å²) in [5.41, 5.74) is 1.96. The Kier molecular flexibility index (Phi) is 7.63. The largest absolute Gasteiger partial charge is 0.343 e. The number of nitrogens with zero attached hydrogens (tertiary/aromatic N) is 1. The fraction of sp³-hybridized carbons (Fsp3) is 0.400. The van der Waals surface area contributed by atoms with Crippen molar-refractivity contribution in [2.45, 2.75) is 19.8 Å². The fourth-order valence-electron chi connectivity index (χ4n) is 1.81. The smallest absolute Gasteiger partial charge is 0.262 e. The molecule has 0 aliphatic heterocycles. The van der Waals surface area contributed by atoms with Crippen LogP contribution in [0.4, 0.5) is 0 Å². The lowest BCUT2D eigenvalue weighted by Crippen LogP contribution is -2.45. The molecule has 0 saturated heterocycles. The quantitative estimate of drug-likeness (QED) is 0.482. The van der Waals surface area contributed by atoms with Gasteiger partial charge < -0.3 is 10.2 Å². The number of benzene rings is 1. The van der Waals surface area contributed by atoms with E-state index in [4.69, 9.17) is 5.21 Å². The summed E-state index contributed by atoms with van der Waals surface area (Å²) in [6.07, 6.45) is 1.60. The van der Waals surface area contributed by atoms with Crippen LogP contribution in [0.25, 0.3) is 0 Å². The molecule has 0 fully saturated rings. The molecule has 1 aromatic carbocycles. The number of hydroxylamine groups is 1. The first-order chi connectivity index (χ1) is 10.6. The van der Waals surface area contributed by atoms with E-state index in [9.17, 15) is 14.4 Å². The summed E-state index contributed by atoms with van der Waals surface area (Å²) < 4.78 is 0. The zero-order valence-electron chi connectivity index (χ0n) is 12.5. The van der Waals surface area contributed by atoms with Crippen LogP contribution in [-0.2, 0) is 9.59 Å². The van der Waals surface area contributed by atoms with Crippen molar-refractivity contribution in [1.82, 2.24) is 15.7 Å². The summed E-state index contributed by atoms with van der Waals surface area (Å²) in [5, 5.41) is 11.1. The highest BCUT2D eigenvalue weighted by atomic mass is 16.5. The number of carbonyl (C=O) groups excluding carboxylic acids is 3. The van der Waals surface area contributed by atoms with E-state index in [1.165, 1.54) is 10.4 Å². The molecule has 0 spiro atoms. The second kappa shape index (κ2) is 9.51. The van der Waals surface area contributed by atoms with E-state index >= 15 is 0 Å². The molecule has 0 aliphatic carbocycles. The van der Waals surface area contributed by atoms with Crippen LogP contribution in [0.2, 0.25) is 0 Å². The maximum absolute atomic E-state index is 12.1. The molecule has 7 nitrogen and oxygen atoms in total. The van der Waals surface area contributed by atoms with Gasteiger partial charge in [-0.1, -0.05) is 31.5 Å². The van der Waals surface area contributed by atoms with Crippen molar-refractivity contribution in [2.75, 3.05) is 19.6 Å². The van der Waals surface area contributed by atoms with Gasteiger partial charge in [0.05, 0.1) is 6.54 Å². The molecule has 0 atom stereocenters. The van der Waals surface area contributed by atoms with Gasteiger partial charge in [-0.3, -0.25) is 19.6 Å². The third-order valence-electron chi connectivity index (χ3n) is 3.03. The molecule has 0 heterocycles. The van der Waals surface area contributed by atoms with E-state index < -0.39 is 5.91 Å². The molecule has 22 heavy (non-hydrogen) atoms. The Balaban J connectivity index is 2.54. The maximum atomic E-state index is 12.1. The number of amides is 3. The molecular formula is C15H21N3O4. The normalized spacial score (nSPS) is 9.91. The Morgan fingerprint density at radius 1 is 1.18 bits per heavy atom. The van der Waals surface area contributed by atoms with Gasteiger partial charge in [0.25, 0.3) is 11.8 Å². The summed E-state index contributed by atoms with van der Waals surface area (Å²) in [4.78, 5) is 36.5. The molecule has 0 unspecified atom stereocenters. The Hall–Kier alpha value is -2.41. The second-order valence-electron chi connectivity index (χ2n) is 4.75. The van der Waals surface area contributed by atoms with E-state index in [0.717, 1.165) is 12.8 Å². The number of hydrogen-bond acceptors (Lipinski definition) is 4. The molecule has 1 aromatic rings. The van der Waals surface area contributed by atoms with E-state index in [1.54, 1.807) is 30.3 Å². The van der Waals surface area contributed by atoms with Crippen molar-refractivity contribution in [1.29, 1.82) is 0 Å². The second-order valence-corrected chi connectivity index (χ2v) is 4.75. The van der Waals surface area contributed by atoms with Gasteiger partial charge in [-0.2, -0.15) is 0 Å². The van der Waals surface area contributed by atoms with Crippen molar-refractivity contribution in [3.05, 3.63) is 35.9 Å². The molecular weight excluding hydrogens is 286 g/mol. The SMILES string of the molecule is CCCCN(CC(=O)NO)C(=O)CNC(=O)c1ccccc1. The van der Waals surface area contributed by atoms with Crippen LogP contribution < -0.4 is 10.8 Å². The first kappa shape index (κ1) is 17.6. The first-order valence-electron chi connectivity index (χ1n) is 7.12. The van der Waals surface area contributed by atoms with E-state index in [-0.39, 0.29) is 24.9 Å². The average Bonchev–Trinajstić information content (AvgIpc) is 2.56. The Morgan fingerprint density at radius 2 is 1.86 bits per heavy atom.